The van der Waals surface area contributed by atoms with Crippen LogP contribution in [0, 0.1) is 6.92 Å². The molecule has 1 atom stereocenters. The van der Waals surface area contributed by atoms with Crippen LogP contribution < -0.4 is 5.73 Å². The molecule has 2 N–H and O–H groups in total. The molecule has 0 saturated heterocycles. The van der Waals surface area contributed by atoms with Crippen molar-refractivity contribution < 1.29 is 9.32 Å². The molecule has 1 aromatic heterocycles. The second kappa shape index (κ2) is 5.95. The molecule has 0 spiro atoms. The number of halogens is 1. The molecule has 0 bridgehead atoms. The van der Waals surface area contributed by atoms with Crippen LogP contribution in [-0.4, -0.2) is 28.0 Å². The summed E-state index contributed by atoms with van der Waals surface area (Å²) in [6.45, 7) is 3.64. The minimum atomic E-state index is -1.12. The second-order valence-electron chi connectivity index (χ2n) is 5.10. The molecule has 112 valence electrons. The molecular weight excluding hydrogens is 336 g/mol. The van der Waals surface area contributed by atoms with Gasteiger partial charge in [-0.1, -0.05) is 33.2 Å². The molecule has 2 rings (SSSR count). The van der Waals surface area contributed by atoms with Gasteiger partial charge in [-0.2, -0.15) is 4.98 Å². The maximum absolute atomic E-state index is 12.6. The molecule has 1 unspecified atom stereocenters. The highest BCUT2D eigenvalue weighted by molar-refractivity contribution is 9.10. The number of benzene rings is 1. The van der Waals surface area contributed by atoms with Crippen LogP contribution in [0.1, 0.15) is 24.2 Å². The third-order valence-electron chi connectivity index (χ3n) is 3.18. The molecular formula is C14H17BrN4O2. The van der Waals surface area contributed by atoms with E-state index in [2.05, 4.69) is 26.1 Å². The molecule has 0 radical (unpaired) electrons. The van der Waals surface area contributed by atoms with Gasteiger partial charge in [-0.05, 0) is 24.6 Å². The first-order chi connectivity index (χ1) is 9.80. The Balaban J connectivity index is 2.15. The van der Waals surface area contributed by atoms with Crippen LogP contribution in [0.2, 0.25) is 0 Å². The van der Waals surface area contributed by atoms with Gasteiger partial charge in [-0.25, -0.2) is 0 Å². The van der Waals surface area contributed by atoms with Crippen molar-refractivity contribution in [1.82, 2.24) is 15.0 Å². The van der Waals surface area contributed by atoms with Gasteiger partial charge in [0, 0.05) is 18.4 Å². The maximum atomic E-state index is 12.6. The molecule has 21 heavy (non-hydrogen) atoms. The lowest BCUT2D eigenvalue weighted by Crippen LogP contribution is -2.49. The molecule has 0 aliphatic carbocycles. The van der Waals surface area contributed by atoms with Crippen molar-refractivity contribution in [2.75, 3.05) is 7.05 Å². The van der Waals surface area contributed by atoms with E-state index in [1.165, 1.54) is 4.90 Å². The molecule has 2 aromatic rings. The molecule has 1 heterocycles. The average Bonchev–Trinajstić information content (AvgIpc) is 2.83. The van der Waals surface area contributed by atoms with Crippen molar-refractivity contribution in [2.45, 2.75) is 25.9 Å². The van der Waals surface area contributed by atoms with Gasteiger partial charge in [-0.15, -0.1) is 0 Å². The van der Waals surface area contributed by atoms with E-state index >= 15 is 0 Å². The van der Waals surface area contributed by atoms with E-state index in [1.54, 1.807) is 20.9 Å². The van der Waals surface area contributed by atoms with E-state index in [1.807, 2.05) is 24.3 Å². The number of hydrogen-bond donors (Lipinski definition) is 1. The molecule has 0 aliphatic rings. The minimum absolute atomic E-state index is 0.215. The van der Waals surface area contributed by atoms with E-state index in [9.17, 15) is 4.79 Å². The van der Waals surface area contributed by atoms with Crippen LogP contribution in [0.3, 0.4) is 0 Å². The van der Waals surface area contributed by atoms with Gasteiger partial charge >= 0.3 is 0 Å². The summed E-state index contributed by atoms with van der Waals surface area (Å²) in [5.74, 6) is 0.705. The van der Waals surface area contributed by atoms with Gasteiger partial charge in [0.25, 0.3) is 0 Å². The lowest BCUT2D eigenvalue weighted by Gasteiger charge is -2.29. The highest BCUT2D eigenvalue weighted by atomic mass is 79.9. The van der Waals surface area contributed by atoms with Crippen LogP contribution in [0.15, 0.2) is 33.3 Å². The first-order valence-corrected chi connectivity index (χ1v) is 7.19. The van der Waals surface area contributed by atoms with E-state index < -0.39 is 5.54 Å². The van der Waals surface area contributed by atoms with Gasteiger partial charge < -0.3 is 15.2 Å². The normalized spacial score (nSPS) is 13.8. The van der Waals surface area contributed by atoms with Gasteiger partial charge in [-0.3, -0.25) is 4.79 Å². The van der Waals surface area contributed by atoms with Gasteiger partial charge in [0.05, 0.1) is 6.54 Å². The van der Waals surface area contributed by atoms with Crippen LogP contribution in [-0.2, 0) is 16.9 Å². The SMILES string of the molecule is Cc1nc(CN(C)C(=O)C(C)(N)c2ccc(Br)cc2)no1. The smallest absolute Gasteiger partial charge is 0.247 e. The monoisotopic (exact) mass is 352 g/mol. The number of nitrogens with zero attached hydrogens (tertiary/aromatic N) is 3. The zero-order valence-corrected chi connectivity index (χ0v) is 13.7. The number of aromatic nitrogens is 2. The number of nitrogens with two attached hydrogens (primary N) is 1. The zero-order chi connectivity index (χ0) is 15.6. The third kappa shape index (κ3) is 3.48. The van der Waals surface area contributed by atoms with Crippen molar-refractivity contribution in [3.63, 3.8) is 0 Å². The van der Waals surface area contributed by atoms with Crippen LogP contribution >= 0.6 is 15.9 Å². The van der Waals surface area contributed by atoms with E-state index in [-0.39, 0.29) is 12.5 Å². The van der Waals surface area contributed by atoms with Crippen molar-refractivity contribution in [3.05, 3.63) is 46.0 Å². The molecule has 0 saturated carbocycles. The molecule has 7 heteroatoms. The summed E-state index contributed by atoms with van der Waals surface area (Å²) >= 11 is 3.36. The van der Waals surface area contributed by atoms with Crippen molar-refractivity contribution >= 4 is 21.8 Å². The standard InChI is InChI=1S/C14H17BrN4O2/c1-9-17-12(18-21-9)8-19(3)13(20)14(2,16)10-4-6-11(15)7-5-10/h4-7H,8,16H2,1-3H3. The molecule has 0 fully saturated rings. The fraction of sp³-hybridized carbons (Fsp3) is 0.357. The number of carbonyl (C=O) groups is 1. The number of likely N-dealkylation sites (N-methyl/N-ethyl adjacent to an activating group) is 1. The van der Waals surface area contributed by atoms with Gasteiger partial charge in [0.15, 0.2) is 5.82 Å². The quantitative estimate of drug-likeness (QED) is 0.908. The fourth-order valence-electron chi connectivity index (χ4n) is 2.01. The zero-order valence-electron chi connectivity index (χ0n) is 12.1. The van der Waals surface area contributed by atoms with Crippen molar-refractivity contribution in [3.8, 4) is 0 Å². The Hall–Kier alpha value is -1.73. The lowest BCUT2D eigenvalue weighted by atomic mass is 9.92. The number of aryl methyl sites for hydroxylation is 1. The Kier molecular flexibility index (Phi) is 4.43. The predicted octanol–water partition coefficient (Wildman–Crippen LogP) is 1.97. The van der Waals surface area contributed by atoms with Crippen LogP contribution in [0.25, 0.3) is 0 Å². The third-order valence-corrected chi connectivity index (χ3v) is 3.71. The highest BCUT2D eigenvalue weighted by Crippen LogP contribution is 2.22. The Morgan fingerprint density at radius 1 is 1.43 bits per heavy atom. The first kappa shape index (κ1) is 15.7. The second-order valence-corrected chi connectivity index (χ2v) is 6.02. The van der Waals surface area contributed by atoms with Crippen molar-refractivity contribution in [1.29, 1.82) is 0 Å². The van der Waals surface area contributed by atoms with E-state index in [0.717, 1.165) is 10.0 Å². The molecule has 1 amide bonds. The summed E-state index contributed by atoms with van der Waals surface area (Å²) in [6, 6.07) is 7.37. The highest BCUT2D eigenvalue weighted by Gasteiger charge is 2.33. The predicted molar refractivity (Wildman–Crippen MR) is 81.2 cm³/mol. The summed E-state index contributed by atoms with van der Waals surface area (Å²) < 4.78 is 5.83. The minimum Gasteiger partial charge on any atom is -0.340 e. The van der Waals surface area contributed by atoms with Crippen molar-refractivity contribution in [2.24, 2.45) is 5.73 Å². The number of hydrogen-bond acceptors (Lipinski definition) is 5. The molecule has 1 aromatic carbocycles. The Labute approximate surface area is 131 Å². The van der Waals surface area contributed by atoms with Crippen LogP contribution in [0.5, 0.6) is 0 Å². The molecule has 6 nitrogen and oxygen atoms in total. The van der Waals surface area contributed by atoms with Gasteiger partial charge in [0.1, 0.15) is 5.54 Å². The summed E-state index contributed by atoms with van der Waals surface area (Å²) in [5.41, 5.74) is 5.85. The summed E-state index contributed by atoms with van der Waals surface area (Å²) in [5, 5.41) is 3.78. The Bertz CT molecular complexity index is 637. The lowest BCUT2D eigenvalue weighted by molar-refractivity contribution is -0.136. The van der Waals surface area contributed by atoms with E-state index in [4.69, 9.17) is 10.3 Å². The van der Waals surface area contributed by atoms with Gasteiger partial charge in [0.2, 0.25) is 11.8 Å². The largest absolute Gasteiger partial charge is 0.340 e. The summed E-state index contributed by atoms with van der Waals surface area (Å²) in [6.07, 6.45) is 0. The maximum Gasteiger partial charge on any atom is 0.247 e. The number of rotatable bonds is 4. The Morgan fingerprint density at radius 3 is 2.57 bits per heavy atom. The first-order valence-electron chi connectivity index (χ1n) is 6.40. The number of carbonyl (C=O) groups excluding carboxylic acids is 1. The fourth-order valence-corrected chi connectivity index (χ4v) is 2.27. The Morgan fingerprint density at radius 2 is 2.05 bits per heavy atom. The topological polar surface area (TPSA) is 85.2 Å². The van der Waals surface area contributed by atoms with Crippen LogP contribution in [0.4, 0.5) is 0 Å². The summed E-state index contributed by atoms with van der Waals surface area (Å²) in [7, 11) is 1.66. The average molecular weight is 353 g/mol. The number of amides is 1. The van der Waals surface area contributed by atoms with E-state index in [0.29, 0.717) is 11.7 Å². The molecule has 0 aliphatic heterocycles. The summed E-state index contributed by atoms with van der Waals surface area (Å²) in [4.78, 5) is 18.1.